The quantitative estimate of drug-likeness (QED) is 0.330. The highest BCUT2D eigenvalue weighted by Crippen LogP contribution is 2.26. The van der Waals surface area contributed by atoms with Crippen molar-refractivity contribution in [2.24, 2.45) is 10.2 Å². The first-order valence-corrected chi connectivity index (χ1v) is 10.5. The van der Waals surface area contributed by atoms with E-state index in [1.54, 1.807) is 25.3 Å². The molecule has 10 heteroatoms. The molecule has 1 aromatic heterocycles. The molecule has 0 radical (unpaired) electrons. The summed E-state index contributed by atoms with van der Waals surface area (Å²) in [5.41, 5.74) is 1.61. The van der Waals surface area contributed by atoms with Gasteiger partial charge in [0.2, 0.25) is 5.91 Å². The van der Waals surface area contributed by atoms with Crippen LogP contribution in [0, 0.1) is 10.1 Å². The smallest absolute Gasteiger partial charge is 0.269 e. The Morgan fingerprint density at radius 3 is 2.78 bits per heavy atom. The lowest BCUT2D eigenvalue weighted by Gasteiger charge is -2.04. The molecule has 1 aliphatic rings. The average molecular weight is 450 g/mol. The maximum Gasteiger partial charge on any atom is 0.269 e. The summed E-state index contributed by atoms with van der Waals surface area (Å²) in [6, 6.07) is 17.3. The van der Waals surface area contributed by atoms with E-state index in [4.69, 9.17) is 9.15 Å². The summed E-state index contributed by atoms with van der Waals surface area (Å²) in [6.07, 6.45) is 1.81. The van der Waals surface area contributed by atoms with Crippen LogP contribution < -0.4 is 10.1 Å². The Bertz CT molecular complexity index is 1200. The number of furan rings is 1. The van der Waals surface area contributed by atoms with Gasteiger partial charge >= 0.3 is 0 Å². The zero-order valence-electron chi connectivity index (χ0n) is 16.9. The molecule has 2 heterocycles. The van der Waals surface area contributed by atoms with E-state index in [0.717, 1.165) is 11.3 Å². The first-order valence-electron chi connectivity index (χ1n) is 9.58. The van der Waals surface area contributed by atoms with Gasteiger partial charge in [-0.3, -0.25) is 14.9 Å². The number of nitro groups is 1. The van der Waals surface area contributed by atoms with Crippen LogP contribution in [0.4, 0.5) is 5.69 Å². The van der Waals surface area contributed by atoms with Crippen LogP contribution in [0.15, 0.2) is 75.3 Å². The number of nitrogens with zero attached hydrogens (tertiary/aromatic N) is 3. The molecule has 162 valence electrons. The summed E-state index contributed by atoms with van der Waals surface area (Å²) in [6.45, 7) is 0. The third-order valence-corrected chi connectivity index (χ3v) is 5.73. The number of non-ortho nitro benzene ring substituents is 1. The summed E-state index contributed by atoms with van der Waals surface area (Å²) in [4.78, 5) is 22.7. The first kappa shape index (κ1) is 21.3. The number of carbonyl (C=O) groups excluding carboxylic acids is 1. The normalized spacial score (nSPS) is 17.1. The van der Waals surface area contributed by atoms with Gasteiger partial charge in [0, 0.05) is 17.7 Å². The van der Waals surface area contributed by atoms with Crippen molar-refractivity contribution >= 4 is 34.7 Å². The van der Waals surface area contributed by atoms with E-state index in [1.807, 2.05) is 30.3 Å². The fraction of sp³-hybridized carbons (Fsp3) is 0.136. The summed E-state index contributed by atoms with van der Waals surface area (Å²) in [7, 11) is 1.61. The highest BCUT2D eigenvalue weighted by Gasteiger charge is 2.30. The molecule has 1 aliphatic heterocycles. The lowest BCUT2D eigenvalue weighted by atomic mass is 10.1. The molecule has 0 saturated carbocycles. The van der Waals surface area contributed by atoms with Crippen LogP contribution in [-0.2, 0) is 11.2 Å². The SMILES string of the molecule is COc1ccc(-c2ccc(/C=N/N=C3\NC(=O)[C@H](Cc4cccc([N+](=O)[O-])c4)S3)o2)cc1. The van der Waals surface area contributed by atoms with Gasteiger partial charge in [0.25, 0.3) is 5.69 Å². The van der Waals surface area contributed by atoms with Crippen molar-refractivity contribution in [2.75, 3.05) is 7.11 Å². The van der Waals surface area contributed by atoms with Gasteiger partial charge in [-0.15, -0.1) is 5.10 Å². The maximum atomic E-state index is 12.2. The zero-order chi connectivity index (χ0) is 22.5. The molecule has 0 unspecified atom stereocenters. The highest BCUT2D eigenvalue weighted by atomic mass is 32.2. The summed E-state index contributed by atoms with van der Waals surface area (Å²) in [5, 5.41) is 21.6. The fourth-order valence-electron chi connectivity index (χ4n) is 3.07. The van der Waals surface area contributed by atoms with Gasteiger partial charge in [-0.25, -0.2) is 0 Å². The van der Waals surface area contributed by atoms with E-state index in [1.165, 1.54) is 30.1 Å². The van der Waals surface area contributed by atoms with Gasteiger partial charge in [-0.05, 0) is 48.4 Å². The minimum absolute atomic E-state index is 0.00291. The number of amides is 1. The fourth-order valence-corrected chi connectivity index (χ4v) is 4.03. The number of hydrogen-bond donors (Lipinski definition) is 1. The second-order valence-electron chi connectivity index (χ2n) is 6.81. The molecule has 1 amide bonds. The first-order chi connectivity index (χ1) is 15.5. The largest absolute Gasteiger partial charge is 0.497 e. The highest BCUT2D eigenvalue weighted by molar-refractivity contribution is 8.15. The van der Waals surface area contributed by atoms with Crippen LogP contribution in [-0.4, -0.2) is 34.6 Å². The molecule has 4 rings (SSSR count). The molecule has 9 nitrogen and oxygen atoms in total. The van der Waals surface area contributed by atoms with Gasteiger partial charge in [0.15, 0.2) is 5.17 Å². The van der Waals surface area contributed by atoms with Crippen LogP contribution >= 0.6 is 11.8 Å². The Morgan fingerprint density at radius 2 is 2.03 bits per heavy atom. The van der Waals surface area contributed by atoms with Crippen molar-refractivity contribution in [2.45, 2.75) is 11.7 Å². The number of ether oxygens (including phenoxy) is 1. The molecular formula is C22H18N4O5S. The van der Waals surface area contributed by atoms with Crippen LogP contribution in [0.2, 0.25) is 0 Å². The van der Waals surface area contributed by atoms with E-state index < -0.39 is 10.2 Å². The second-order valence-corrected chi connectivity index (χ2v) is 8.00. The van der Waals surface area contributed by atoms with Crippen LogP contribution in [0.25, 0.3) is 11.3 Å². The second kappa shape index (κ2) is 9.48. The molecule has 3 aromatic rings. The number of hydrogen-bond acceptors (Lipinski definition) is 8. The Balaban J connectivity index is 1.38. The van der Waals surface area contributed by atoms with E-state index >= 15 is 0 Å². The average Bonchev–Trinajstić information content (AvgIpc) is 3.41. The Hall–Kier alpha value is -3.92. The van der Waals surface area contributed by atoms with E-state index in [-0.39, 0.29) is 11.6 Å². The topological polar surface area (TPSA) is 119 Å². The van der Waals surface area contributed by atoms with Crippen molar-refractivity contribution in [3.63, 3.8) is 0 Å². The number of amidine groups is 1. The molecule has 1 fully saturated rings. The number of carbonyl (C=O) groups is 1. The van der Waals surface area contributed by atoms with Crippen LogP contribution in [0.5, 0.6) is 5.75 Å². The third-order valence-electron chi connectivity index (χ3n) is 4.65. The minimum Gasteiger partial charge on any atom is -0.497 e. The molecule has 1 saturated heterocycles. The third kappa shape index (κ3) is 5.03. The molecule has 32 heavy (non-hydrogen) atoms. The van der Waals surface area contributed by atoms with E-state index in [0.29, 0.717) is 28.7 Å². The van der Waals surface area contributed by atoms with Crippen molar-refractivity contribution < 1.29 is 18.9 Å². The van der Waals surface area contributed by atoms with Crippen LogP contribution in [0.1, 0.15) is 11.3 Å². The molecule has 1 atom stereocenters. The van der Waals surface area contributed by atoms with E-state index in [9.17, 15) is 14.9 Å². The molecule has 0 aliphatic carbocycles. The van der Waals surface area contributed by atoms with Gasteiger partial charge in [0.05, 0.1) is 23.5 Å². The van der Waals surface area contributed by atoms with Gasteiger partial charge in [-0.2, -0.15) is 5.10 Å². The monoisotopic (exact) mass is 450 g/mol. The molecule has 2 aromatic carbocycles. The molecule has 1 N–H and O–H groups in total. The number of nitrogens with one attached hydrogen (secondary N) is 1. The summed E-state index contributed by atoms with van der Waals surface area (Å²) < 4.78 is 10.9. The Labute approximate surface area is 187 Å². The molecular weight excluding hydrogens is 432 g/mol. The predicted molar refractivity (Wildman–Crippen MR) is 122 cm³/mol. The number of thioether (sulfide) groups is 1. The van der Waals surface area contributed by atoms with Crippen LogP contribution in [0.3, 0.4) is 0 Å². The van der Waals surface area contributed by atoms with E-state index in [2.05, 4.69) is 15.5 Å². The standard InChI is InChI=1S/C22H18N4O5S/c1-30-17-7-5-15(6-8-17)19-10-9-18(31-19)13-23-25-22-24-21(27)20(32-22)12-14-3-2-4-16(11-14)26(28)29/h2-11,13,20H,12H2,1H3,(H,24,25,27)/b23-13+/t20-/m0/s1. The Kier molecular flexibility index (Phi) is 6.31. The lowest BCUT2D eigenvalue weighted by molar-refractivity contribution is -0.384. The zero-order valence-corrected chi connectivity index (χ0v) is 17.7. The minimum atomic E-state index is -0.457. The number of benzene rings is 2. The molecule has 0 bridgehead atoms. The summed E-state index contributed by atoms with van der Waals surface area (Å²) in [5.74, 6) is 1.75. The van der Waals surface area contributed by atoms with Crippen molar-refractivity contribution in [3.8, 4) is 17.1 Å². The van der Waals surface area contributed by atoms with Crippen molar-refractivity contribution in [1.29, 1.82) is 0 Å². The summed E-state index contributed by atoms with van der Waals surface area (Å²) >= 11 is 1.23. The number of methoxy groups -OCH3 is 1. The molecule has 0 spiro atoms. The maximum absolute atomic E-state index is 12.2. The number of rotatable bonds is 7. The van der Waals surface area contributed by atoms with Gasteiger partial charge in [0.1, 0.15) is 17.3 Å². The lowest BCUT2D eigenvalue weighted by Crippen LogP contribution is -2.25. The van der Waals surface area contributed by atoms with Crippen molar-refractivity contribution in [1.82, 2.24) is 5.32 Å². The van der Waals surface area contributed by atoms with Crippen molar-refractivity contribution in [3.05, 3.63) is 82.1 Å². The van der Waals surface area contributed by atoms with Gasteiger partial charge in [-0.1, -0.05) is 23.9 Å². The number of nitro benzene ring substituents is 1. The Morgan fingerprint density at radius 1 is 1.22 bits per heavy atom. The van der Waals surface area contributed by atoms with Gasteiger partial charge < -0.3 is 14.5 Å². The predicted octanol–water partition coefficient (Wildman–Crippen LogP) is 4.03.